The van der Waals surface area contributed by atoms with E-state index in [9.17, 15) is 67.7 Å². The van der Waals surface area contributed by atoms with Crippen LogP contribution in [0.15, 0.2) is 107 Å². The van der Waals surface area contributed by atoms with Crippen molar-refractivity contribution in [1.82, 2.24) is 83.5 Å². The highest BCUT2D eigenvalue weighted by molar-refractivity contribution is 7.99. The summed E-state index contributed by atoms with van der Waals surface area (Å²) in [6.45, 7) is 4.10. The van der Waals surface area contributed by atoms with Crippen LogP contribution in [-0.2, 0) is 59.2 Å². The molecule has 1 fully saturated rings. The lowest BCUT2D eigenvalue weighted by molar-refractivity contribution is -0.136. The predicted octanol–water partition coefficient (Wildman–Crippen LogP) is -2.03. The summed E-state index contributed by atoms with van der Waals surface area (Å²) >= 11 is 2.77. The highest BCUT2D eigenvalue weighted by Crippen LogP contribution is 2.34. The Kier molecular flexibility index (Phi) is 37.5. The number of nitrogens with one attached hydrogen (secondary N) is 12. The first-order valence-corrected chi connectivity index (χ1v) is 39.2. The van der Waals surface area contributed by atoms with Gasteiger partial charge in [-0.3, -0.25) is 62.5 Å². The van der Waals surface area contributed by atoms with Crippen molar-refractivity contribution in [1.29, 1.82) is 0 Å². The van der Waals surface area contributed by atoms with E-state index in [1.165, 1.54) is 54.0 Å². The molecule has 608 valence electrons. The van der Waals surface area contributed by atoms with Crippen LogP contribution < -0.4 is 86.7 Å². The maximum atomic E-state index is 15.3. The van der Waals surface area contributed by atoms with E-state index in [0.717, 1.165) is 0 Å². The van der Waals surface area contributed by atoms with Gasteiger partial charge in [0.15, 0.2) is 0 Å². The van der Waals surface area contributed by atoms with Crippen molar-refractivity contribution >= 4 is 124 Å². The fourth-order valence-corrected chi connectivity index (χ4v) is 13.5. The van der Waals surface area contributed by atoms with Gasteiger partial charge in [0.2, 0.25) is 65.5 Å². The zero-order chi connectivity index (χ0) is 82.0. The Morgan fingerprint density at radius 1 is 0.688 bits per heavy atom. The molecule has 0 spiro atoms. The Balaban J connectivity index is 1.31. The normalized spacial score (nSPS) is 19.9. The third kappa shape index (κ3) is 27.8. The monoisotopic (exact) mass is 1590 g/mol. The number of nitrogens with zero attached hydrogens (tertiary/aromatic N) is 4. The minimum atomic E-state index is -1.80. The van der Waals surface area contributed by atoms with E-state index in [-0.39, 0.29) is 89.6 Å². The van der Waals surface area contributed by atoms with Gasteiger partial charge >= 0.3 is 6.03 Å². The van der Waals surface area contributed by atoms with E-state index < -0.39 is 157 Å². The quantitative estimate of drug-likeness (QED) is 0.0198. The van der Waals surface area contributed by atoms with E-state index in [0.29, 0.717) is 61.8 Å². The lowest BCUT2D eigenvalue weighted by Crippen LogP contribution is -2.61. The molecule has 3 heterocycles. The number of aliphatic hydroxyl groups is 2. The lowest BCUT2D eigenvalue weighted by Gasteiger charge is -2.29. The van der Waals surface area contributed by atoms with Crippen LogP contribution in [0.5, 0.6) is 0 Å². The van der Waals surface area contributed by atoms with Crippen molar-refractivity contribution < 1.29 is 72.5 Å². The van der Waals surface area contributed by atoms with Gasteiger partial charge in [-0.25, -0.2) is 4.79 Å². The van der Waals surface area contributed by atoms with E-state index in [4.69, 9.17) is 28.0 Å². The summed E-state index contributed by atoms with van der Waals surface area (Å²) < 4.78 is 1.17. The molecule has 13 amide bonds. The average molecular weight is 1590 g/mol. The summed E-state index contributed by atoms with van der Waals surface area (Å²) in [7, 11) is 1.52. The number of amides is 13. The second-order valence-corrected chi connectivity index (χ2v) is 29.2. The minimum Gasteiger partial charge on any atom is -0.391 e. The van der Waals surface area contributed by atoms with Crippen LogP contribution in [0.3, 0.4) is 0 Å². The summed E-state index contributed by atoms with van der Waals surface area (Å²) in [5, 5.41) is 58.5. The van der Waals surface area contributed by atoms with Crippen LogP contribution in [0.1, 0.15) is 106 Å². The summed E-state index contributed by atoms with van der Waals surface area (Å²) in [5.41, 5.74) is 26.1. The van der Waals surface area contributed by atoms with E-state index in [1.54, 1.807) is 117 Å². The SMILES string of the molecule is CNC(=O)c1ccccc1Sc1ccc2c(/C=C/c3ccccn3)nn(C(=O)N(CCC(=O)N[C@H](C(=O)N[C@H](CCN)C(=O)N[C@H]3CCNC(=O)[C@@H]([C@@H](C)O)NC(=O)[C@@H](CCN)NC(=O)[C@@H](CCN)NC(=O)[C@@H](CC(C)C)NC(=O)[C@@H](Cc4ccccc4)NC(=O)[C@@H](CCN)NC3=O)[C@@H](C)O)C[C@@H](CCSC)NC=O)c2c1. The van der Waals surface area contributed by atoms with Crippen molar-refractivity contribution in [3.8, 4) is 0 Å². The van der Waals surface area contributed by atoms with Crippen LogP contribution in [-0.4, -0.2) is 245 Å². The summed E-state index contributed by atoms with van der Waals surface area (Å²) in [6, 6.07) is 10.7. The molecule has 0 radical (unpaired) electrons. The Hall–Kier alpha value is -10.4. The van der Waals surface area contributed by atoms with Gasteiger partial charge in [-0.05, 0) is 163 Å². The number of pyridine rings is 1. The molecule has 0 unspecified atom stereocenters. The summed E-state index contributed by atoms with van der Waals surface area (Å²) in [6.07, 6.45) is 2.39. The molecule has 2 aromatic heterocycles. The van der Waals surface area contributed by atoms with Gasteiger partial charge in [-0.15, -0.1) is 0 Å². The molecule has 12 atom stereocenters. The number of aliphatic hydroxyl groups excluding tert-OH is 2. The first-order chi connectivity index (χ1) is 53.7. The van der Waals surface area contributed by atoms with E-state index >= 15 is 4.79 Å². The van der Waals surface area contributed by atoms with Gasteiger partial charge in [0.1, 0.15) is 54.4 Å². The predicted molar refractivity (Wildman–Crippen MR) is 422 cm³/mol. The minimum absolute atomic E-state index is 0.0205. The molecule has 0 saturated carbocycles. The largest absolute Gasteiger partial charge is 0.391 e. The fraction of sp³-hybridized carbons (Fsp3) is 0.480. The van der Waals surface area contributed by atoms with Crippen LogP contribution in [0.25, 0.3) is 23.1 Å². The number of rotatable bonds is 34. The number of benzene rings is 3. The first kappa shape index (κ1) is 90.5. The number of thioether (sulfide) groups is 1. The number of carbonyl (C=O) groups is 13. The first-order valence-electron chi connectivity index (χ1n) is 37.0. The molecule has 3 aromatic carbocycles. The zero-order valence-electron chi connectivity index (χ0n) is 63.6. The van der Waals surface area contributed by atoms with Crippen molar-refractivity contribution in [2.24, 2.45) is 28.9 Å². The number of hydrogen-bond acceptors (Lipinski definition) is 23. The molecule has 1 saturated heterocycles. The Morgan fingerprint density at radius 3 is 1.89 bits per heavy atom. The molecule has 35 nitrogen and oxygen atoms in total. The molecule has 112 heavy (non-hydrogen) atoms. The smallest absolute Gasteiger partial charge is 0.345 e. The number of aromatic nitrogens is 3. The van der Waals surface area contributed by atoms with E-state index in [1.807, 2.05) is 12.3 Å². The van der Waals surface area contributed by atoms with Crippen LogP contribution in [0, 0.1) is 5.92 Å². The van der Waals surface area contributed by atoms with Crippen LogP contribution in [0.4, 0.5) is 4.79 Å². The second-order valence-electron chi connectivity index (χ2n) is 27.1. The number of fused-ring (bicyclic) bond motifs is 1. The van der Waals surface area contributed by atoms with Gasteiger partial charge in [0.25, 0.3) is 5.91 Å². The van der Waals surface area contributed by atoms with Gasteiger partial charge < -0.3 is 102 Å². The van der Waals surface area contributed by atoms with Gasteiger partial charge in [0.05, 0.1) is 34.7 Å². The summed E-state index contributed by atoms with van der Waals surface area (Å²) in [5.74, 6) is -9.63. The Labute approximate surface area is 658 Å². The van der Waals surface area contributed by atoms with Crippen molar-refractivity contribution in [3.63, 3.8) is 0 Å². The topological polar surface area (TPSA) is 545 Å². The molecule has 22 N–H and O–H groups in total. The summed E-state index contributed by atoms with van der Waals surface area (Å²) in [4.78, 5) is 191. The molecule has 0 aliphatic carbocycles. The number of hydrogen-bond donors (Lipinski definition) is 18. The molecular weight excluding hydrogens is 1490 g/mol. The van der Waals surface area contributed by atoms with Crippen molar-refractivity contribution in [3.05, 3.63) is 120 Å². The average Bonchev–Trinajstić information content (AvgIpc) is 1.62. The molecule has 5 aromatic rings. The highest BCUT2D eigenvalue weighted by atomic mass is 32.2. The fourth-order valence-electron chi connectivity index (χ4n) is 12.0. The second kappa shape index (κ2) is 46.4. The molecular formula is C75H106N20O15S2. The van der Waals surface area contributed by atoms with Crippen LogP contribution >= 0.6 is 23.5 Å². The highest BCUT2D eigenvalue weighted by Gasteiger charge is 2.38. The number of nitrogens with two attached hydrogens (primary N) is 4. The molecule has 1 aliphatic heterocycles. The molecule has 6 rings (SSSR count). The molecule has 0 bridgehead atoms. The zero-order valence-corrected chi connectivity index (χ0v) is 65.2. The Bertz CT molecular complexity index is 4040. The standard InChI is InChI=1S/C75H106N20O15S2/c1-43(2)38-58-71(106)86-53(23-30-76)66(101)85-56(26-33-79)70(105)92-63(44(3)97)73(108)82-35-27-57(69(104)84-54(24-31-77)68(103)90-59(72(107)89-58)39-46-14-8-7-9-15-46)87-67(102)55(25-32-78)88-74(109)64(45(4)98)91-62(99)28-36-94(41-48(83-42-96)29-37-111-6)75(110)95-60-40-49(112-61-18-11-10-17-51(61)65(100)80-5)20-21-50(60)52(93-95)22-19-47-16-12-13-34-81-47/h7-22,34,40,42-45,48,53-59,63-64,97-98H,23-33,35-39,41,76-79H2,1-6H3,(H,80,100)(H,82,108)(H,83,96)(H,84,104)(H,85,101)(H,86,106)(H,87,102)(H,88,109)(H,89,107)(H,90,103)(H,91,99)(H,92,105)/b22-19+/t44-,45-,48-,53-,54-,55-,56-,57+,58-,59-,63-,64+/m1/s1. The van der Waals surface area contributed by atoms with Gasteiger partial charge in [0, 0.05) is 66.9 Å². The van der Waals surface area contributed by atoms with Crippen molar-refractivity contribution in [2.45, 2.75) is 168 Å². The van der Waals surface area contributed by atoms with Crippen molar-refractivity contribution in [2.75, 3.05) is 64.9 Å². The molecule has 37 heteroatoms. The third-order valence-electron chi connectivity index (χ3n) is 18.0. The van der Waals surface area contributed by atoms with E-state index in [2.05, 4.69) is 68.8 Å². The Morgan fingerprint density at radius 2 is 1.29 bits per heavy atom. The maximum absolute atomic E-state index is 15.3. The van der Waals surface area contributed by atoms with Crippen LogP contribution in [0.2, 0.25) is 0 Å². The molecule has 1 aliphatic rings. The van der Waals surface area contributed by atoms with Gasteiger partial charge in [-0.2, -0.15) is 21.5 Å². The lowest BCUT2D eigenvalue weighted by atomic mass is 10.00. The van der Waals surface area contributed by atoms with Gasteiger partial charge in [-0.1, -0.05) is 74.1 Å². The number of carbonyl (C=O) groups excluding carboxylic acids is 13. The third-order valence-corrected chi connectivity index (χ3v) is 19.7. The maximum Gasteiger partial charge on any atom is 0.345 e.